The number of rotatable bonds is 3. The average molecular weight is 187 g/mol. The minimum atomic E-state index is -0.129. The largest absolute Gasteiger partial charge is 0.373 e. The molecule has 72 valence electrons. The number of hydrogen-bond acceptors (Lipinski definition) is 2. The van der Waals surface area contributed by atoms with Crippen molar-refractivity contribution in [2.24, 2.45) is 0 Å². The van der Waals surface area contributed by atoms with E-state index in [9.17, 15) is 0 Å². The molecule has 0 radical (unpaired) electrons. The van der Waals surface area contributed by atoms with Crippen LogP contribution in [0.25, 0.3) is 0 Å². The van der Waals surface area contributed by atoms with Crippen molar-refractivity contribution in [3.05, 3.63) is 47.5 Å². The highest BCUT2D eigenvalue weighted by Crippen LogP contribution is 2.18. The average Bonchev–Trinajstić information content (AvgIpc) is 2.21. The quantitative estimate of drug-likeness (QED) is 0.681. The SMILES string of the molecule is COC(/C=C/C#N)c1ccc(C)cc1. The summed E-state index contributed by atoms with van der Waals surface area (Å²) in [6.07, 6.45) is 3.05. The van der Waals surface area contributed by atoms with E-state index in [1.54, 1.807) is 13.2 Å². The molecule has 0 fully saturated rings. The van der Waals surface area contributed by atoms with E-state index in [-0.39, 0.29) is 6.10 Å². The van der Waals surface area contributed by atoms with Crippen LogP contribution in [0.4, 0.5) is 0 Å². The standard InChI is InChI=1S/C12H13NO/c1-10-5-7-11(8-6-10)12(14-2)4-3-9-13/h3-8,12H,1-2H3/b4-3+. The molecular formula is C12H13NO. The molecule has 2 nitrogen and oxygen atoms in total. The summed E-state index contributed by atoms with van der Waals surface area (Å²) in [4.78, 5) is 0. The van der Waals surface area contributed by atoms with Crippen LogP contribution in [-0.2, 0) is 4.74 Å². The minimum Gasteiger partial charge on any atom is -0.373 e. The molecular weight excluding hydrogens is 174 g/mol. The second-order valence-corrected chi connectivity index (χ2v) is 3.06. The smallest absolute Gasteiger partial charge is 0.101 e. The first-order valence-corrected chi connectivity index (χ1v) is 4.43. The van der Waals surface area contributed by atoms with E-state index in [2.05, 4.69) is 0 Å². The lowest BCUT2D eigenvalue weighted by Gasteiger charge is -2.10. The maximum absolute atomic E-state index is 8.41. The zero-order valence-electron chi connectivity index (χ0n) is 8.40. The van der Waals surface area contributed by atoms with E-state index in [1.165, 1.54) is 11.6 Å². The first-order chi connectivity index (χ1) is 6.77. The molecule has 0 aliphatic heterocycles. The molecule has 2 heteroatoms. The molecule has 0 bridgehead atoms. The normalized spacial score (nSPS) is 12.6. The van der Waals surface area contributed by atoms with Crippen molar-refractivity contribution in [3.63, 3.8) is 0 Å². The van der Waals surface area contributed by atoms with Gasteiger partial charge in [-0.25, -0.2) is 0 Å². The van der Waals surface area contributed by atoms with Gasteiger partial charge in [0.15, 0.2) is 0 Å². The fourth-order valence-electron chi connectivity index (χ4n) is 1.21. The van der Waals surface area contributed by atoms with Crippen molar-refractivity contribution < 1.29 is 4.74 Å². The third-order valence-electron chi connectivity index (χ3n) is 2.01. The lowest BCUT2D eigenvalue weighted by atomic mass is 10.1. The Morgan fingerprint density at radius 3 is 2.50 bits per heavy atom. The van der Waals surface area contributed by atoms with Crippen LogP contribution >= 0.6 is 0 Å². The lowest BCUT2D eigenvalue weighted by molar-refractivity contribution is 0.143. The number of aryl methyl sites for hydroxylation is 1. The van der Waals surface area contributed by atoms with E-state index in [1.807, 2.05) is 37.3 Å². The van der Waals surface area contributed by atoms with Crippen molar-refractivity contribution in [3.8, 4) is 6.07 Å². The predicted molar refractivity (Wildman–Crippen MR) is 55.7 cm³/mol. The van der Waals surface area contributed by atoms with Gasteiger partial charge in [-0.15, -0.1) is 0 Å². The Bertz CT molecular complexity index is 346. The number of allylic oxidation sites excluding steroid dienone is 1. The van der Waals surface area contributed by atoms with Gasteiger partial charge >= 0.3 is 0 Å². The van der Waals surface area contributed by atoms with Crippen LogP contribution in [0.2, 0.25) is 0 Å². The summed E-state index contributed by atoms with van der Waals surface area (Å²) < 4.78 is 5.24. The predicted octanol–water partition coefficient (Wildman–Crippen LogP) is 2.76. The molecule has 0 amide bonds. The van der Waals surface area contributed by atoms with Crippen molar-refractivity contribution in [1.29, 1.82) is 5.26 Å². The summed E-state index contributed by atoms with van der Waals surface area (Å²) >= 11 is 0. The fourth-order valence-corrected chi connectivity index (χ4v) is 1.21. The van der Waals surface area contributed by atoms with Crippen molar-refractivity contribution >= 4 is 0 Å². The number of benzene rings is 1. The molecule has 14 heavy (non-hydrogen) atoms. The second kappa shape index (κ2) is 5.21. The molecule has 0 N–H and O–H groups in total. The third-order valence-corrected chi connectivity index (χ3v) is 2.01. The zero-order valence-corrected chi connectivity index (χ0v) is 8.40. The van der Waals surface area contributed by atoms with Crippen LogP contribution in [-0.4, -0.2) is 7.11 Å². The highest BCUT2D eigenvalue weighted by atomic mass is 16.5. The van der Waals surface area contributed by atoms with E-state index < -0.39 is 0 Å². The molecule has 0 heterocycles. The summed E-state index contributed by atoms with van der Waals surface area (Å²) in [7, 11) is 1.63. The van der Waals surface area contributed by atoms with Gasteiger partial charge in [0.25, 0.3) is 0 Å². The highest BCUT2D eigenvalue weighted by molar-refractivity contribution is 5.26. The number of nitriles is 1. The van der Waals surface area contributed by atoms with Crippen molar-refractivity contribution in [2.45, 2.75) is 13.0 Å². The molecule has 1 aromatic rings. The van der Waals surface area contributed by atoms with Gasteiger partial charge in [0.2, 0.25) is 0 Å². The third kappa shape index (κ3) is 2.72. The number of methoxy groups -OCH3 is 1. The molecule has 0 saturated carbocycles. The van der Waals surface area contributed by atoms with E-state index in [0.29, 0.717) is 0 Å². The molecule has 0 saturated heterocycles. The lowest BCUT2D eigenvalue weighted by Crippen LogP contribution is -1.97. The van der Waals surface area contributed by atoms with Gasteiger partial charge in [-0.1, -0.05) is 29.8 Å². The molecule has 0 aliphatic carbocycles. The molecule has 0 spiro atoms. The van der Waals surface area contributed by atoms with Gasteiger partial charge in [0.05, 0.1) is 6.07 Å². The zero-order chi connectivity index (χ0) is 10.4. The van der Waals surface area contributed by atoms with Crippen molar-refractivity contribution in [2.75, 3.05) is 7.11 Å². The Morgan fingerprint density at radius 1 is 1.36 bits per heavy atom. The molecule has 1 rings (SSSR count). The van der Waals surface area contributed by atoms with Crippen LogP contribution in [0.15, 0.2) is 36.4 Å². The molecule has 0 aliphatic rings. The van der Waals surface area contributed by atoms with Gasteiger partial charge in [-0.3, -0.25) is 0 Å². The maximum Gasteiger partial charge on any atom is 0.101 e. The van der Waals surface area contributed by atoms with Gasteiger partial charge in [0.1, 0.15) is 6.10 Å². The molecule has 1 aromatic carbocycles. The highest BCUT2D eigenvalue weighted by Gasteiger charge is 2.04. The summed E-state index contributed by atoms with van der Waals surface area (Å²) in [5, 5.41) is 8.41. The molecule has 1 unspecified atom stereocenters. The number of ether oxygens (including phenoxy) is 1. The Labute approximate surface area is 84.4 Å². The molecule has 1 atom stereocenters. The van der Waals surface area contributed by atoms with Crippen LogP contribution in [0.3, 0.4) is 0 Å². The number of hydrogen-bond donors (Lipinski definition) is 0. The summed E-state index contributed by atoms with van der Waals surface area (Å²) in [6, 6.07) is 10.0. The van der Waals surface area contributed by atoms with Crippen LogP contribution in [0, 0.1) is 18.3 Å². The Hall–Kier alpha value is -1.59. The summed E-state index contributed by atoms with van der Waals surface area (Å²) in [6.45, 7) is 2.04. The monoisotopic (exact) mass is 187 g/mol. The van der Waals surface area contributed by atoms with Gasteiger partial charge < -0.3 is 4.74 Å². The Kier molecular flexibility index (Phi) is 3.90. The van der Waals surface area contributed by atoms with E-state index in [0.717, 1.165) is 5.56 Å². The van der Waals surface area contributed by atoms with Gasteiger partial charge in [-0.05, 0) is 18.6 Å². The Balaban J connectivity index is 2.85. The van der Waals surface area contributed by atoms with E-state index >= 15 is 0 Å². The van der Waals surface area contributed by atoms with Gasteiger partial charge in [-0.2, -0.15) is 5.26 Å². The minimum absolute atomic E-state index is 0.129. The molecule has 0 aromatic heterocycles. The van der Waals surface area contributed by atoms with Crippen molar-refractivity contribution in [1.82, 2.24) is 0 Å². The first-order valence-electron chi connectivity index (χ1n) is 4.43. The second-order valence-electron chi connectivity index (χ2n) is 3.06. The fraction of sp³-hybridized carbons (Fsp3) is 0.250. The van der Waals surface area contributed by atoms with Gasteiger partial charge in [0, 0.05) is 13.2 Å². The number of nitrogens with zero attached hydrogens (tertiary/aromatic N) is 1. The maximum atomic E-state index is 8.41. The van der Waals surface area contributed by atoms with Crippen LogP contribution in [0.1, 0.15) is 17.2 Å². The van der Waals surface area contributed by atoms with E-state index in [4.69, 9.17) is 10.00 Å². The summed E-state index contributed by atoms with van der Waals surface area (Å²) in [5.74, 6) is 0. The van der Waals surface area contributed by atoms with Crippen LogP contribution in [0.5, 0.6) is 0 Å². The Morgan fingerprint density at radius 2 is 2.00 bits per heavy atom. The topological polar surface area (TPSA) is 33.0 Å². The summed E-state index contributed by atoms with van der Waals surface area (Å²) in [5.41, 5.74) is 2.28. The van der Waals surface area contributed by atoms with Crippen LogP contribution < -0.4 is 0 Å². The first kappa shape index (κ1) is 10.5.